The zero-order valence-electron chi connectivity index (χ0n) is 12.0. The number of carboxylic acid groups (broad SMARTS) is 1. The number of carbonyl (C=O) groups is 1. The van der Waals surface area contributed by atoms with Crippen molar-refractivity contribution in [2.45, 2.75) is 25.7 Å². The van der Waals surface area contributed by atoms with E-state index in [9.17, 15) is 4.79 Å². The van der Waals surface area contributed by atoms with Crippen molar-refractivity contribution in [3.8, 4) is 5.75 Å². The molecule has 0 aromatic heterocycles. The molecular weight excluding hydrogens is 270 g/mol. The van der Waals surface area contributed by atoms with Crippen molar-refractivity contribution in [3.05, 3.63) is 35.4 Å². The molecule has 1 aliphatic rings. The third kappa shape index (κ3) is 4.63. The SMILES string of the molecule is COc1ccc(/C=C2/CCCC/C2=N\OCC(=O)O)cc1. The Morgan fingerprint density at radius 2 is 2.00 bits per heavy atom. The highest BCUT2D eigenvalue weighted by atomic mass is 16.6. The van der Waals surface area contributed by atoms with Gasteiger partial charge in [-0.2, -0.15) is 0 Å². The highest BCUT2D eigenvalue weighted by Crippen LogP contribution is 2.24. The lowest BCUT2D eigenvalue weighted by molar-refractivity contribution is -0.142. The summed E-state index contributed by atoms with van der Waals surface area (Å²) < 4.78 is 5.14. The second-order valence-corrected chi connectivity index (χ2v) is 4.85. The Hall–Kier alpha value is -2.30. The van der Waals surface area contributed by atoms with Crippen LogP contribution in [0.4, 0.5) is 0 Å². The molecule has 1 N–H and O–H groups in total. The van der Waals surface area contributed by atoms with E-state index in [1.807, 2.05) is 24.3 Å². The maximum absolute atomic E-state index is 10.5. The Kier molecular flexibility index (Phi) is 5.37. The molecule has 5 nitrogen and oxygen atoms in total. The summed E-state index contributed by atoms with van der Waals surface area (Å²) in [6.45, 7) is -0.403. The van der Waals surface area contributed by atoms with Gasteiger partial charge in [-0.3, -0.25) is 0 Å². The molecular formula is C16H19NO4. The van der Waals surface area contributed by atoms with E-state index in [-0.39, 0.29) is 0 Å². The number of allylic oxidation sites excluding steroid dienone is 1. The van der Waals surface area contributed by atoms with Crippen LogP contribution in [0.5, 0.6) is 5.75 Å². The molecule has 112 valence electrons. The molecule has 1 fully saturated rings. The summed E-state index contributed by atoms with van der Waals surface area (Å²) in [5.41, 5.74) is 3.02. The standard InChI is InChI=1S/C16H19NO4/c1-20-14-8-6-12(7-9-14)10-13-4-2-3-5-15(13)17-21-11-16(18)19/h6-10H,2-5,11H2,1H3,(H,18,19)/b13-10-,17-15+. The monoisotopic (exact) mass is 289 g/mol. The second-order valence-electron chi connectivity index (χ2n) is 4.85. The number of hydrogen-bond acceptors (Lipinski definition) is 4. The largest absolute Gasteiger partial charge is 0.497 e. The number of aliphatic carboxylic acids is 1. The Bertz CT molecular complexity index is 546. The maximum atomic E-state index is 10.5. The fourth-order valence-electron chi connectivity index (χ4n) is 2.24. The molecule has 0 aliphatic heterocycles. The molecule has 0 amide bonds. The van der Waals surface area contributed by atoms with Gasteiger partial charge in [-0.1, -0.05) is 17.3 Å². The number of ether oxygens (including phenoxy) is 1. The van der Waals surface area contributed by atoms with E-state index in [0.717, 1.165) is 48.3 Å². The highest BCUT2D eigenvalue weighted by molar-refractivity contribution is 6.04. The predicted octanol–water partition coefficient (Wildman–Crippen LogP) is 3.11. The Morgan fingerprint density at radius 3 is 2.67 bits per heavy atom. The van der Waals surface area contributed by atoms with Crippen LogP contribution in [0.3, 0.4) is 0 Å². The third-order valence-corrected chi connectivity index (χ3v) is 3.30. The molecule has 0 bridgehead atoms. The number of hydrogen-bond donors (Lipinski definition) is 1. The molecule has 0 spiro atoms. The number of rotatable bonds is 5. The molecule has 21 heavy (non-hydrogen) atoms. The summed E-state index contributed by atoms with van der Waals surface area (Å²) in [6, 6.07) is 7.78. The van der Waals surface area contributed by atoms with Gasteiger partial charge in [0.1, 0.15) is 5.75 Å². The molecule has 1 aromatic rings. The minimum atomic E-state index is -1.02. The minimum absolute atomic E-state index is 0.403. The number of benzene rings is 1. The lowest BCUT2D eigenvalue weighted by atomic mass is 9.91. The summed E-state index contributed by atoms with van der Waals surface area (Å²) in [7, 11) is 1.64. The van der Waals surface area contributed by atoms with Crippen LogP contribution in [-0.2, 0) is 9.63 Å². The third-order valence-electron chi connectivity index (χ3n) is 3.30. The second kappa shape index (κ2) is 7.47. The first kappa shape index (κ1) is 15.1. The quantitative estimate of drug-likeness (QED) is 0.846. The van der Waals surface area contributed by atoms with Gasteiger partial charge in [0.2, 0.25) is 6.61 Å². The van der Waals surface area contributed by atoms with Crippen molar-refractivity contribution in [1.82, 2.24) is 0 Å². The van der Waals surface area contributed by atoms with Crippen LogP contribution in [0.15, 0.2) is 35.0 Å². The van der Waals surface area contributed by atoms with Gasteiger partial charge < -0.3 is 14.7 Å². The van der Waals surface area contributed by atoms with E-state index in [1.54, 1.807) is 7.11 Å². The Morgan fingerprint density at radius 1 is 1.29 bits per heavy atom. The molecule has 1 aromatic carbocycles. The van der Waals surface area contributed by atoms with Crippen molar-refractivity contribution in [1.29, 1.82) is 0 Å². The Labute approximate surface area is 123 Å². The van der Waals surface area contributed by atoms with Crippen LogP contribution in [-0.4, -0.2) is 30.5 Å². The molecule has 0 radical (unpaired) electrons. The van der Waals surface area contributed by atoms with E-state index >= 15 is 0 Å². The van der Waals surface area contributed by atoms with Crippen LogP contribution in [0.1, 0.15) is 31.2 Å². The molecule has 1 aliphatic carbocycles. The Balaban J connectivity index is 2.12. The van der Waals surface area contributed by atoms with Crippen LogP contribution in [0, 0.1) is 0 Å². The summed E-state index contributed by atoms with van der Waals surface area (Å²) in [6.07, 6.45) is 5.99. The zero-order chi connectivity index (χ0) is 15.1. The topological polar surface area (TPSA) is 68.1 Å². The normalized spacial score (nSPS) is 18.7. The molecule has 1 saturated carbocycles. The van der Waals surface area contributed by atoms with Crippen LogP contribution in [0.2, 0.25) is 0 Å². The molecule has 0 heterocycles. The minimum Gasteiger partial charge on any atom is -0.497 e. The van der Waals surface area contributed by atoms with E-state index in [0.29, 0.717) is 0 Å². The number of methoxy groups -OCH3 is 1. The van der Waals surface area contributed by atoms with E-state index < -0.39 is 12.6 Å². The van der Waals surface area contributed by atoms with Gasteiger partial charge in [0, 0.05) is 0 Å². The molecule has 2 rings (SSSR count). The van der Waals surface area contributed by atoms with Gasteiger partial charge in [0.15, 0.2) is 0 Å². The van der Waals surface area contributed by atoms with Crippen molar-refractivity contribution in [2.75, 3.05) is 13.7 Å². The van der Waals surface area contributed by atoms with Gasteiger partial charge in [-0.05, 0) is 55.0 Å². The number of oxime groups is 1. The first-order valence-electron chi connectivity index (χ1n) is 6.94. The lowest BCUT2D eigenvalue weighted by Crippen LogP contribution is -2.11. The van der Waals surface area contributed by atoms with E-state index in [2.05, 4.69) is 11.2 Å². The van der Waals surface area contributed by atoms with Gasteiger partial charge in [0.25, 0.3) is 0 Å². The van der Waals surface area contributed by atoms with Crippen LogP contribution in [0.25, 0.3) is 6.08 Å². The zero-order valence-corrected chi connectivity index (χ0v) is 12.0. The summed E-state index contributed by atoms with van der Waals surface area (Å²) in [5, 5.41) is 12.6. The fraction of sp³-hybridized carbons (Fsp3) is 0.375. The average Bonchev–Trinajstić information content (AvgIpc) is 2.49. The molecule has 0 unspecified atom stereocenters. The van der Waals surface area contributed by atoms with E-state index in [4.69, 9.17) is 14.7 Å². The molecule has 0 saturated heterocycles. The van der Waals surface area contributed by atoms with Crippen LogP contribution >= 0.6 is 0 Å². The number of carboxylic acids is 1. The van der Waals surface area contributed by atoms with Crippen molar-refractivity contribution in [2.24, 2.45) is 5.16 Å². The summed E-state index contributed by atoms with van der Waals surface area (Å²) in [4.78, 5) is 15.3. The summed E-state index contributed by atoms with van der Waals surface area (Å²) in [5.74, 6) is -0.199. The summed E-state index contributed by atoms with van der Waals surface area (Å²) >= 11 is 0. The molecule has 0 atom stereocenters. The van der Waals surface area contributed by atoms with Gasteiger partial charge >= 0.3 is 5.97 Å². The van der Waals surface area contributed by atoms with Crippen molar-refractivity contribution >= 4 is 17.8 Å². The van der Waals surface area contributed by atoms with Gasteiger partial charge in [-0.15, -0.1) is 0 Å². The smallest absolute Gasteiger partial charge is 0.344 e. The maximum Gasteiger partial charge on any atom is 0.344 e. The fourth-order valence-corrected chi connectivity index (χ4v) is 2.24. The van der Waals surface area contributed by atoms with Gasteiger partial charge in [0.05, 0.1) is 12.8 Å². The number of nitrogens with zero attached hydrogens (tertiary/aromatic N) is 1. The predicted molar refractivity (Wildman–Crippen MR) is 80.5 cm³/mol. The first-order valence-corrected chi connectivity index (χ1v) is 6.94. The first-order chi connectivity index (χ1) is 10.2. The van der Waals surface area contributed by atoms with E-state index in [1.165, 1.54) is 0 Å². The highest BCUT2D eigenvalue weighted by Gasteiger charge is 2.14. The van der Waals surface area contributed by atoms with Crippen molar-refractivity contribution < 1.29 is 19.5 Å². The average molecular weight is 289 g/mol. The van der Waals surface area contributed by atoms with Crippen molar-refractivity contribution in [3.63, 3.8) is 0 Å². The van der Waals surface area contributed by atoms with Crippen LogP contribution < -0.4 is 4.74 Å². The lowest BCUT2D eigenvalue weighted by Gasteiger charge is -2.16. The van der Waals surface area contributed by atoms with Gasteiger partial charge in [-0.25, -0.2) is 4.79 Å². The molecule has 5 heteroatoms.